The van der Waals surface area contributed by atoms with Crippen LogP contribution < -0.4 is 14.4 Å². The molecule has 40 heavy (non-hydrogen) atoms. The van der Waals surface area contributed by atoms with Gasteiger partial charge in [0.2, 0.25) is 0 Å². The molecule has 0 amide bonds. The third-order valence-electron chi connectivity index (χ3n) is 7.11. The standard InChI is InChI=1S/C34H39NO4.BrH/c1-2-37-34-13-6-5-11-30(34)26-36-21-8-22-38-32-18-16-31(17-19-32)35-20-7-12-33(24-35)39-25-27-14-15-28-9-3-4-10-29(28)23-27;/h3-6,9-11,13-19,23,33H,2,7-8,12,20-22,24-26H2,1H3;1H. The molecule has 1 heterocycles. The van der Waals surface area contributed by atoms with Crippen molar-refractivity contribution in [3.8, 4) is 11.5 Å². The number of fused-ring (bicyclic) bond motifs is 1. The summed E-state index contributed by atoms with van der Waals surface area (Å²) in [5.74, 6) is 1.79. The Morgan fingerprint density at radius 1 is 0.800 bits per heavy atom. The Labute approximate surface area is 248 Å². The lowest BCUT2D eigenvalue weighted by Gasteiger charge is -2.34. The van der Waals surface area contributed by atoms with E-state index in [9.17, 15) is 0 Å². The van der Waals surface area contributed by atoms with Crippen LogP contribution in [0.2, 0.25) is 0 Å². The van der Waals surface area contributed by atoms with Gasteiger partial charge in [-0.3, -0.25) is 0 Å². The Hall–Kier alpha value is -3.06. The highest BCUT2D eigenvalue weighted by Gasteiger charge is 2.21. The van der Waals surface area contributed by atoms with E-state index >= 15 is 0 Å². The molecule has 0 spiro atoms. The van der Waals surface area contributed by atoms with E-state index in [-0.39, 0.29) is 23.1 Å². The van der Waals surface area contributed by atoms with Gasteiger partial charge < -0.3 is 23.8 Å². The van der Waals surface area contributed by atoms with Crippen molar-refractivity contribution < 1.29 is 18.9 Å². The number of nitrogens with zero attached hydrogens (tertiary/aromatic N) is 1. The zero-order chi connectivity index (χ0) is 26.7. The smallest absolute Gasteiger partial charge is 0.124 e. The van der Waals surface area contributed by atoms with Gasteiger partial charge in [-0.05, 0) is 72.5 Å². The van der Waals surface area contributed by atoms with Crippen LogP contribution in [0.15, 0.2) is 91.0 Å². The van der Waals surface area contributed by atoms with Gasteiger partial charge in [0.05, 0.1) is 39.1 Å². The van der Waals surface area contributed by atoms with E-state index in [1.165, 1.54) is 22.0 Å². The van der Waals surface area contributed by atoms with Crippen LogP contribution in [0.1, 0.15) is 37.3 Å². The molecule has 4 aromatic carbocycles. The molecule has 0 aliphatic carbocycles. The molecule has 6 heteroatoms. The summed E-state index contributed by atoms with van der Waals surface area (Å²) in [6.45, 7) is 7.09. The quantitative estimate of drug-likeness (QED) is 0.144. The zero-order valence-electron chi connectivity index (χ0n) is 23.3. The molecule has 1 atom stereocenters. The van der Waals surface area contributed by atoms with Gasteiger partial charge in [-0.2, -0.15) is 0 Å². The van der Waals surface area contributed by atoms with Crippen LogP contribution >= 0.6 is 17.0 Å². The van der Waals surface area contributed by atoms with Crippen molar-refractivity contribution in [1.82, 2.24) is 0 Å². The van der Waals surface area contributed by atoms with Crippen molar-refractivity contribution in [2.75, 3.05) is 37.8 Å². The molecule has 0 N–H and O–H groups in total. The first-order chi connectivity index (χ1) is 19.3. The zero-order valence-corrected chi connectivity index (χ0v) is 25.0. The molecule has 212 valence electrons. The third-order valence-corrected chi connectivity index (χ3v) is 7.11. The summed E-state index contributed by atoms with van der Waals surface area (Å²) in [5, 5.41) is 2.53. The Bertz CT molecular complexity index is 1310. The second kappa shape index (κ2) is 15.7. The average molecular weight is 607 g/mol. The van der Waals surface area contributed by atoms with E-state index in [0.29, 0.717) is 33.0 Å². The summed E-state index contributed by atoms with van der Waals surface area (Å²) in [7, 11) is 0. The molecule has 1 aliphatic rings. The first-order valence-corrected chi connectivity index (χ1v) is 14.1. The summed E-state index contributed by atoms with van der Waals surface area (Å²) in [4.78, 5) is 2.42. The maximum Gasteiger partial charge on any atom is 0.124 e. The first-order valence-electron chi connectivity index (χ1n) is 14.1. The molecule has 4 aromatic rings. The second-order valence-corrected chi connectivity index (χ2v) is 9.99. The Balaban J connectivity index is 0.00000370. The van der Waals surface area contributed by atoms with Crippen LogP contribution in [0.4, 0.5) is 5.69 Å². The summed E-state index contributed by atoms with van der Waals surface area (Å²) < 4.78 is 23.8. The number of para-hydroxylation sites is 1. The fourth-order valence-electron chi connectivity index (χ4n) is 5.06. The van der Waals surface area contributed by atoms with E-state index < -0.39 is 0 Å². The Morgan fingerprint density at radius 2 is 1.60 bits per heavy atom. The molecule has 1 aliphatic heterocycles. The van der Waals surface area contributed by atoms with Gasteiger partial charge in [-0.25, -0.2) is 0 Å². The fraction of sp³-hybridized carbons (Fsp3) is 0.353. The highest BCUT2D eigenvalue weighted by Crippen LogP contribution is 2.25. The van der Waals surface area contributed by atoms with Crippen molar-refractivity contribution in [1.29, 1.82) is 0 Å². The minimum atomic E-state index is 0. The number of anilines is 1. The van der Waals surface area contributed by atoms with Gasteiger partial charge in [0.15, 0.2) is 0 Å². The number of benzene rings is 4. The first kappa shape index (κ1) is 29.9. The van der Waals surface area contributed by atoms with E-state index in [0.717, 1.165) is 49.4 Å². The van der Waals surface area contributed by atoms with Crippen LogP contribution in [0.25, 0.3) is 10.8 Å². The molecule has 1 saturated heterocycles. The van der Waals surface area contributed by atoms with Gasteiger partial charge in [-0.1, -0.05) is 54.6 Å². The molecule has 0 aromatic heterocycles. The summed E-state index contributed by atoms with van der Waals surface area (Å²) in [6.07, 6.45) is 3.31. The largest absolute Gasteiger partial charge is 0.494 e. The summed E-state index contributed by atoms with van der Waals surface area (Å²) >= 11 is 0. The minimum absolute atomic E-state index is 0. The number of hydrogen-bond acceptors (Lipinski definition) is 5. The van der Waals surface area contributed by atoms with Crippen molar-refractivity contribution >= 4 is 33.4 Å². The van der Waals surface area contributed by atoms with E-state index in [4.69, 9.17) is 18.9 Å². The number of rotatable bonds is 13. The van der Waals surface area contributed by atoms with Crippen molar-refractivity contribution in [2.45, 2.75) is 45.5 Å². The molecular weight excluding hydrogens is 566 g/mol. The summed E-state index contributed by atoms with van der Waals surface area (Å²) in [6, 6.07) is 31.5. The van der Waals surface area contributed by atoms with Gasteiger partial charge in [0.25, 0.3) is 0 Å². The Kier molecular flexibility index (Phi) is 11.7. The van der Waals surface area contributed by atoms with Crippen LogP contribution in [0.5, 0.6) is 11.5 Å². The molecule has 0 saturated carbocycles. The second-order valence-electron chi connectivity index (χ2n) is 9.99. The maximum absolute atomic E-state index is 6.34. The highest BCUT2D eigenvalue weighted by molar-refractivity contribution is 8.93. The van der Waals surface area contributed by atoms with Gasteiger partial charge in [0.1, 0.15) is 11.5 Å². The minimum Gasteiger partial charge on any atom is -0.494 e. The van der Waals surface area contributed by atoms with Crippen molar-refractivity contribution in [3.63, 3.8) is 0 Å². The molecule has 1 fully saturated rings. The van der Waals surface area contributed by atoms with Crippen LogP contribution in [0, 0.1) is 0 Å². The number of hydrogen-bond donors (Lipinski definition) is 0. The van der Waals surface area contributed by atoms with E-state index in [1.54, 1.807) is 0 Å². The SMILES string of the molecule is Br.CCOc1ccccc1COCCCOc1ccc(N2CCCC(OCc3ccc4ccccc4c3)C2)cc1. The number of halogens is 1. The maximum atomic E-state index is 6.34. The molecule has 0 radical (unpaired) electrons. The lowest BCUT2D eigenvalue weighted by atomic mass is 10.1. The van der Waals surface area contributed by atoms with Gasteiger partial charge >= 0.3 is 0 Å². The molecule has 5 nitrogen and oxygen atoms in total. The molecular formula is C34H40BrNO4. The monoisotopic (exact) mass is 605 g/mol. The average Bonchev–Trinajstić information content (AvgIpc) is 2.99. The number of piperidine rings is 1. The lowest BCUT2D eigenvalue weighted by Crippen LogP contribution is -2.39. The Morgan fingerprint density at radius 3 is 2.45 bits per heavy atom. The highest BCUT2D eigenvalue weighted by atomic mass is 79.9. The molecule has 5 rings (SSSR count). The van der Waals surface area contributed by atoms with Crippen LogP contribution in [0.3, 0.4) is 0 Å². The van der Waals surface area contributed by atoms with E-state index in [1.807, 2.05) is 31.2 Å². The third kappa shape index (κ3) is 8.47. The van der Waals surface area contributed by atoms with E-state index in [2.05, 4.69) is 71.6 Å². The van der Waals surface area contributed by atoms with Gasteiger partial charge in [0, 0.05) is 30.8 Å². The molecule has 0 bridgehead atoms. The van der Waals surface area contributed by atoms with Crippen LogP contribution in [-0.2, 0) is 22.7 Å². The van der Waals surface area contributed by atoms with Crippen LogP contribution in [-0.4, -0.2) is 39.0 Å². The van der Waals surface area contributed by atoms with Crippen molar-refractivity contribution in [2.24, 2.45) is 0 Å². The fourth-order valence-corrected chi connectivity index (χ4v) is 5.06. The van der Waals surface area contributed by atoms with Crippen molar-refractivity contribution in [3.05, 3.63) is 102 Å². The number of ether oxygens (including phenoxy) is 4. The van der Waals surface area contributed by atoms with Gasteiger partial charge in [-0.15, -0.1) is 17.0 Å². The predicted molar refractivity (Wildman–Crippen MR) is 168 cm³/mol. The summed E-state index contributed by atoms with van der Waals surface area (Å²) in [5.41, 5.74) is 3.53. The topological polar surface area (TPSA) is 40.2 Å². The molecule has 1 unspecified atom stereocenters. The lowest BCUT2D eigenvalue weighted by molar-refractivity contribution is 0.0316. The normalized spacial score (nSPS) is 15.0. The predicted octanol–water partition coefficient (Wildman–Crippen LogP) is 7.99.